The quantitative estimate of drug-likeness (QED) is 0.202. The van der Waals surface area contributed by atoms with Gasteiger partial charge in [-0.2, -0.15) is 0 Å². The number of hydrogen-bond acceptors (Lipinski definition) is 8. The maximum Gasteiger partial charge on any atom is 0.140 e. The lowest BCUT2D eigenvalue weighted by molar-refractivity contribution is 0.153. The number of hydrogen-bond donors (Lipinski definition) is 4. The Morgan fingerprint density at radius 3 is 2.39 bits per heavy atom. The normalized spacial score (nSPS) is 18.9. The number of pyridine rings is 1. The molecule has 2 fully saturated rings. The fourth-order valence-corrected chi connectivity index (χ4v) is 4.11. The van der Waals surface area contributed by atoms with E-state index in [0.717, 1.165) is 30.7 Å². The second kappa shape index (κ2) is 10.7. The number of ether oxygens (including phenoxy) is 1. The van der Waals surface area contributed by atoms with Gasteiger partial charge in [0.15, 0.2) is 0 Å². The van der Waals surface area contributed by atoms with Crippen LogP contribution in [-0.2, 0) is 0 Å². The van der Waals surface area contributed by atoms with Crippen molar-refractivity contribution < 1.29 is 4.74 Å². The van der Waals surface area contributed by atoms with Crippen LogP contribution in [0.1, 0.15) is 69.2 Å². The van der Waals surface area contributed by atoms with E-state index in [4.69, 9.17) is 27.9 Å². The molecule has 9 heteroatoms. The molecule has 3 rings (SSSR count). The lowest BCUT2D eigenvalue weighted by atomic mass is 9.83. The molecular formula is C22H38N8O. The molecule has 2 aliphatic carbocycles. The van der Waals surface area contributed by atoms with Crippen molar-refractivity contribution in [1.29, 1.82) is 0 Å². The zero-order valence-electron chi connectivity index (χ0n) is 18.9. The SMILES string of the molecule is Cc1nc(/C(N)=C(\CN(N)/N=C(\N)CC2CCC2)N(C)N)ccc1OC1CCCCC1. The molecular weight excluding hydrogens is 392 g/mol. The number of hydrazine groups is 2. The molecule has 0 atom stereocenters. The van der Waals surface area contributed by atoms with Crippen LogP contribution in [0, 0.1) is 12.8 Å². The van der Waals surface area contributed by atoms with Crippen molar-refractivity contribution in [3.63, 3.8) is 0 Å². The molecule has 0 aliphatic heterocycles. The zero-order chi connectivity index (χ0) is 22.4. The minimum absolute atomic E-state index is 0.214. The van der Waals surface area contributed by atoms with Gasteiger partial charge in [0.2, 0.25) is 0 Å². The lowest BCUT2D eigenvalue weighted by Crippen LogP contribution is -2.39. The number of nitrogens with zero attached hydrogens (tertiary/aromatic N) is 4. The highest BCUT2D eigenvalue weighted by atomic mass is 16.5. The first-order valence-corrected chi connectivity index (χ1v) is 11.3. The van der Waals surface area contributed by atoms with Crippen molar-refractivity contribution in [2.75, 3.05) is 13.6 Å². The van der Waals surface area contributed by atoms with Gasteiger partial charge < -0.3 is 21.2 Å². The van der Waals surface area contributed by atoms with E-state index in [1.165, 1.54) is 48.7 Å². The van der Waals surface area contributed by atoms with Crippen LogP contribution in [0.2, 0.25) is 0 Å². The third-order valence-electron chi connectivity index (χ3n) is 6.19. The summed E-state index contributed by atoms with van der Waals surface area (Å²) < 4.78 is 6.17. The van der Waals surface area contributed by atoms with Gasteiger partial charge >= 0.3 is 0 Å². The summed E-state index contributed by atoms with van der Waals surface area (Å²) >= 11 is 0. The van der Waals surface area contributed by atoms with E-state index in [1.807, 2.05) is 19.1 Å². The van der Waals surface area contributed by atoms with E-state index in [9.17, 15) is 0 Å². The van der Waals surface area contributed by atoms with E-state index < -0.39 is 0 Å². The predicted molar refractivity (Wildman–Crippen MR) is 124 cm³/mol. The van der Waals surface area contributed by atoms with Crippen LogP contribution in [0.5, 0.6) is 5.75 Å². The Morgan fingerprint density at radius 2 is 1.81 bits per heavy atom. The minimum Gasteiger partial charge on any atom is -0.489 e. The van der Waals surface area contributed by atoms with Gasteiger partial charge in [-0.3, -0.25) is 0 Å². The minimum atomic E-state index is 0.214. The summed E-state index contributed by atoms with van der Waals surface area (Å²) in [4.78, 5) is 4.66. The predicted octanol–water partition coefficient (Wildman–Crippen LogP) is 2.17. The Balaban J connectivity index is 1.70. The summed E-state index contributed by atoms with van der Waals surface area (Å²) in [6.45, 7) is 2.15. The molecule has 0 bridgehead atoms. The number of aryl methyl sites for hydroxylation is 1. The van der Waals surface area contributed by atoms with Crippen LogP contribution >= 0.6 is 0 Å². The summed E-state index contributed by atoms with van der Waals surface area (Å²) in [5.41, 5.74) is 15.0. The van der Waals surface area contributed by atoms with Crippen LogP contribution in [0.3, 0.4) is 0 Å². The average molecular weight is 431 g/mol. The Labute approximate surface area is 185 Å². The monoisotopic (exact) mass is 430 g/mol. The van der Waals surface area contributed by atoms with Gasteiger partial charge in [0, 0.05) is 13.5 Å². The first kappa shape index (κ1) is 23.1. The number of amidine groups is 1. The average Bonchev–Trinajstić information content (AvgIpc) is 2.70. The summed E-state index contributed by atoms with van der Waals surface area (Å²) in [7, 11) is 1.71. The molecule has 0 unspecified atom stereocenters. The second-order valence-corrected chi connectivity index (χ2v) is 8.82. The standard InChI is InChI=1S/C22H38N8O/c1-15-20(31-17-9-4-3-5-10-17)12-11-18(27-15)22(24)19(29(2)25)14-30(26)28-21(23)13-16-7-6-8-16/h11-12,16-17H,3-10,13-14,24-26H2,1-2H3,(H2,23,28)/b22-19-. The largest absolute Gasteiger partial charge is 0.489 e. The van der Waals surface area contributed by atoms with Crippen LogP contribution < -0.4 is 27.9 Å². The Kier molecular flexibility index (Phi) is 7.97. The fraction of sp³-hybridized carbons (Fsp3) is 0.636. The van der Waals surface area contributed by atoms with Crippen LogP contribution in [0.25, 0.3) is 5.70 Å². The molecule has 1 aromatic rings. The van der Waals surface area contributed by atoms with Crippen LogP contribution in [0.15, 0.2) is 22.9 Å². The van der Waals surface area contributed by atoms with Gasteiger partial charge in [-0.15, -0.1) is 5.10 Å². The molecule has 0 amide bonds. The first-order chi connectivity index (χ1) is 14.8. The van der Waals surface area contributed by atoms with Gasteiger partial charge in [-0.05, 0) is 50.7 Å². The molecule has 1 aromatic heterocycles. The summed E-state index contributed by atoms with van der Waals surface area (Å²) in [6, 6.07) is 3.79. The Bertz CT molecular complexity index is 797. The third kappa shape index (κ3) is 6.48. The van der Waals surface area contributed by atoms with E-state index in [1.54, 1.807) is 7.05 Å². The summed E-state index contributed by atoms with van der Waals surface area (Å²) in [5.74, 6) is 14.1. The molecule has 8 N–H and O–H groups in total. The van der Waals surface area contributed by atoms with Crippen LogP contribution in [0.4, 0.5) is 0 Å². The van der Waals surface area contributed by atoms with Crippen LogP contribution in [-0.4, -0.2) is 40.6 Å². The van der Waals surface area contributed by atoms with Crippen molar-refractivity contribution >= 4 is 11.5 Å². The first-order valence-electron chi connectivity index (χ1n) is 11.3. The van der Waals surface area contributed by atoms with E-state index in [0.29, 0.717) is 28.8 Å². The molecule has 0 aromatic carbocycles. The molecule has 172 valence electrons. The zero-order valence-corrected chi connectivity index (χ0v) is 18.9. The molecule has 2 saturated carbocycles. The smallest absolute Gasteiger partial charge is 0.140 e. The van der Waals surface area contributed by atoms with Gasteiger partial charge in [0.1, 0.15) is 11.6 Å². The number of aromatic nitrogens is 1. The van der Waals surface area contributed by atoms with E-state index in [2.05, 4.69) is 10.1 Å². The number of rotatable bonds is 9. The number of hydrazone groups is 1. The van der Waals surface area contributed by atoms with Crippen molar-refractivity contribution in [2.45, 2.75) is 70.8 Å². The molecule has 31 heavy (non-hydrogen) atoms. The van der Waals surface area contributed by atoms with E-state index >= 15 is 0 Å². The second-order valence-electron chi connectivity index (χ2n) is 8.82. The van der Waals surface area contributed by atoms with Crippen molar-refractivity contribution in [3.8, 4) is 5.75 Å². The van der Waals surface area contributed by atoms with Gasteiger partial charge in [0.25, 0.3) is 0 Å². The topological polar surface area (TPSA) is 145 Å². The molecule has 1 heterocycles. The maximum atomic E-state index is 6.43. The maximum absolute atomic E-state index is 6.43. The summed E-state index contributed by atoms with van der Waals surface area (Å²) in [6.07, 6.45) is 10.7. The molecule has 0 saturated heterocycles. The van der Waals surface area contributed by atoms with Crippen molar-refractivity contribution in [3.05, 3.63) is 29.2 Å². The Morgan fingerprint density at radius 1 is 1.10 bits per heavy atom. The molecule has 9 nitrogen and oxygen atoms in total. The van der Waals surface area contributed by atoms with Gasteiger partial charge in [-0.25, -0.2) is 21.8 Å². The molecule has 0 spiro atoms. The van der Waals surface area contributed by atoms with E-state index in [-0.39, 0.29) is 12.6 Å². The number of nitrogens with two attached hydrogens (primary N) is 4. The number of likely N-dealkylation sites (N-methyl/N-ethyl adjacent to an activating group) is 1. The highest BCUT2D eigenvalue weighted by Gasteiger charge is 2.20. The highest BCUT2D eigenvalue weighted by Crippen LogP contribution is 2.29. The van der Waals surface area contributed by atoms with Crippen molar-refractivity contribution in [2.24, 2.45) is 34.2 Å². The highest BCUT2D eigenvalue weighted by molar-refractivity contribution is 5.80. The summed E-state index contributed by atoms with van der Waals surface area (Å²) in [5, 5.41) is 7.01. The Hall–Kier alpha value is -2.52. The molecule has 0 radical (unpaired) electrons. The third-order valence-corrected chi connectivity index (χ3v) is 6.19. The lowest BCUT2D eigenvalue weighted by Gasteiger charge is -2.26. The van der Waals surface area contributed by atoms with Gasteiger partial charge in [-0.1, -0.05) is 25.7 Å². The molecule has 2 aliphatic rings. The van der Waals surface area contributed by atoms with Crippen molar-refractivity contribution in [1.82, 2.24) is 15.1 Å². The van der Waals surface area contributed by atoms with Gasteiger partial charge in [0.05, 0.1) is 35.4 Å². The fourth-order valence-electron chi connectivity index (χ4n) is 4.11.